The fourth-order valence-electron chi connectivity index (χ4n) is 3.44. The minimum atomic E-state index is 0.235. The van der Waals surface area contributed by atoms with Crippen molar-refractivity contribution in [1.29, 1.82) is 0 Å². The van der Waals surface area contributed by atoms with Gasteiger partial charge in [-0.1, -0.05) is 37.3 Å². The SMILES string of the molecule is CCCN(C)C1(CN)CCN(CCc2ccccc2)CC1. The van der Waals surface area contributed by atoms with E-state index in [9.17, 15) is 0 Å². The van der Waals surface area contributed by atoms with Crippen molar-refractivity contribution in [2.45, 2.75) is 38.1 Å². The Labute approximate surface area is 130 Å². The van der Waals surface area contributed by atoms with E-state index in [0.717, 1.165) is 19.5 Å². The lowest BCUT2D eigenvalue weighted by Gasteiger charge is -2.47. The predicted octanol–water partition coefficient (Wildman–Crippen LogP) is 2.36. The molecule has 0 spiro atoms. The lowest BCUT2D eigenvalue weighted by Crippen LogP contribution is -2.58. The highest BCUT2D eigenvalue weighted by molar-refractivity contribution is 5.15. The van der Waals surface area contributed by atoms with Crippen LogP contribution in [0.2, 0.25) is 0 Å². The van der Waals surface area contributed by atoms with Gasteiger partial charge in [0.25, 0.3) is 0 Å². The van der Waals surface area contributed by atoms with Gasteiger partial charge in [-0.2, -0.15) is 0 Å². The molecule has 1 heterocycles. The summed E-state index contributed by atoms with van der Waals surface area (Å²) in [6, 6.07) is 10.8. The van der Waals surface area contributed by atoms with E-state index in [1.807, 2.05) is 0 Å². The van der Waals surface area contributed by atoms with Crippen molar-refractivity contribution < 1.29 is 0 Å². The van der Waals surface area contributed by atoms with Gasteiger partial charge in [0.1, 0.15) is 0 Å². The van der Waals surface area contributed by atoms with Gasteiger partial charge in [0.15, 0.2) is 0 Å². The molecule has 0 atom stereocenters. The molecule has 1 saturated heterocycles. The molecule has 0 radical (unpaired) electrons. The first-order valence-corrected chi connectivity index (χ1v) is 8.38. The van der Waals surface area contributed by atoms with Gasteiger partial charge in [0, 0.05) is 18.6 Å². The maximum atomic E-state index is 6.12. The molecule has 1 aromatic rings. The molecule has 21 heavy (non-hydrogen) atoms. The summed E-state index contributed by atoms with van der Waals surface area (Å²) in [5.74, 6) is 0. The number of likely N-dealkylation sites (tertiary alicyclic amines) is 1. The predicted molar refractivity (Wildman–Crippen MR) is 90.5 cm³/mol. The standard InChI is InChI=1S/C18H31N3/c1-3-12-20(2)18(16-19)10-14-21(15-11-18)13-9-17-7-5-4-6-8-17/h4-8H,3,9-16,19H2,1-2H3. The maximum absolute atomic E-state index is 6.12. The molecule has 0 aromatic heterocycles. The third-order valence-corrected chi connectivity index (χ3v) is 5.10. The van der Waals surface area contributed by atoms with Crippen molar-refractivity contribution in [1.82, 2.24) is 9.80 Å². The van der Waals surface area contributed by atoms with Crippen LogP contribution in [0.25, 0.3) is 0 Å². The maximum Gasteiger partial charge on any atom is 0.0353 e. The van der Waals surface area contributed by atoms with E-state index in [0.29, 0.717) is 0 Å². The van der Waals surface area contributed by atoms with Crippen LogP contribution in [0.1, 0.15) is 31.7 Å². The zero-order chi connectivity index (χ0) is 15.1. The fourth-order valence-corrected chi connectivity index (χ4v) is 3.44. The monoisotopic (exact) mass is 289 g/mol. The number of benzene rings is 1. The van der Waals surface area contributed by atoms with Crippen molar-refractivity contribution in [3.8, 4) is 0 Å². The molecular formula is C18H31N3. The number of piperidine rings is 1. The number of hydrogen-bond acceptors (Lipinski definition) is 3. The van der Waals surface area contributed by atoms with Crippen LogP contribution in [0.15, 0.2) is 30.3 Å². The lowest BCUT2D eigenvalue weighted by molar-refractivity contribution is 0.0458. The van der Waals surface area contributed by atoms with Gasteiger partial charge in [-0.15, -0.1) is 0 Å². The first-order valence-electron chi connectivity index (χ1n) is 8.38. The summed E-state index contributed by atoms with van der Waals surface area (Å²) in [4.78, 5) is 5.10. The summed E-state index contributed by atoms with van der Waals surface area (Å²) in [6.45, 7) is 7.71. The highest BCUT2D eigenvalue weighted by Crippen LogP contribution is 2.27. The van der Waals surface area contributed by atoms with Crippen LogP contribution in [-0.2, 0) is 6.42 Å². The van der Waals surface area contributed by atoms with E-state index in [2.05, 4.69) is 54.1 Å². The largest absolute Gasteiger partial charge is 0.329 e. The molecule has 3 nitrogen and oxygen atoms in total. The topological polar surface area (TPSA) is 32.5 Å². The molecular weight excluding hydrogens is 258 g/mol. The molecule has 1 aliphatic heterocycles. The van der Waals surface area contributed by atoms with Crippen LogP contribution in [0.5, 0.6) is 0 Å². The molecule has 3 heteroatoms. The smallest absolute Gasteiger partial charge is 0.0353 e. The van der Waals surface area contributed by atoms with Gasteiger partial charge < -0.3 is 10.6 Å². The second-order valence-electron chi connectivity index (χ2n) is 6.43. The van der Waals surface area contributed by atoms with Crippen LogP contribution >= 0.6 is 0 Å². The van der Waals surface area contributed by atoms with Gasteiger partial charge in [0.05, 0.1) is 0 Å². The van der Waals surface area contributed by atoms with Gasteiger partial charge in [0.2, 0.25) is 0 Å². The van der Waals surface area contributed by atoms with Crippen LogP contribution in [0, 0.1) is 0 Å². The Morgan fingerprint density at radius 3 is 2.43 bits per heavy atom. The van der Waals surface area contributed by atoms with E-state index < -0.39 is 0 Å². The third-order valence-electron chi connectivity index (χ3n) is 5.10. The molecule has 0 aliphatic carbocycles. The van der Waals surface area contributed by atoms with E-state index >= 15 is 0 Å². The zero-order valence-corrected chi connectivity index (χ0v) is 13.7. The molecule has 118 valence electrons. The number of likely N-dealkylation sites (N-methyl/N-ethyl adjacent to an activating group) is 1. The number of rotatable bonds is 7. The summed E-state index contributed by atoms with van der Waals surface area (Å²) in [6.07, 6.45) is 4.76. The van der Waals surface area contributed by atoms with Crippen molar-refractivity contribution in [3.63, 3.8) is 0 Å². The lowest BCUT2D eigenvalue weighted by atomic mass is 9.85. The van der Waals surface area contributed by atoms with Crippen LogP contribution in [0.4, 0.5) is 0 Å². The molecule has 1 fully saturated rings. The van der Waals surface area contributed by atoms with Crippen molar-refractivity contribution in [2.75, 3.05) is 39.8 Å². The van der Waals surface area contributed by atoms with E-state index in [1.165, 1.54) is 44.5 Å². The summed E-state index contributed by atoms with van der Waals surface area (Å²) in [5.41, 5.74) is 7.80. The number of nitrogens with zero attached hydrogens (tertiary/aromatic N) is 2. The van der Waals surface area contributed by atoms with E-state index in [1.54, 1.807) is 0 Å². The van der Waals surface area contributed by atoms with Crippen LogP contribution in [-0.4, -0.2) is 55.1 Å². The van der Waals surface area contributed by atoms with Crippen LogP contribution < -0.4 is 5.73 Å². The van der Waals surface area contributed by atoms with Gasteiger partial charge in [-0.25, -0.2) is 0 Å². The van der Waals surface area contributed by atoms with Gasteiger partial charge in [-0.05, 0) is 57.9 Å². The highest BCUT2D eigenvalue weighted by Gasteiger charge is 2.36. The number of nitrogens with two attached hydrogens (primary N) is 1. The number of hydrogen-bond donors (Lipinski definition) is 1. The fraction of sp³-hybridized carbons (Fsp3) is 0.667. The first-order chi connectivity index (χ1) is 10.2. The second kappa shape index (κ2) is 7.92. The molecule has 0 unspecified atom stereocenters. The van der Waals surface area contributed by atoms with Crippen molar-refractivity contribution >= 4 is 0 Å². The summed E-state index contributed by atoms with van der Waals surface area (Å²) in [5, 5.41) is 0. The first kappa shape index (κ1) is 16.5. The molecule has 2 rings (SSSR count). The van der Waals surface area contributed by atoms with Crippen molar-refractivity contribution in [2.24, 2.45) is 5.73 Å². The molecule has 0 amide bonds. The Kier molecular flexibility index (Phi) is 6.22. The second-order valence-corrected chi connectivity index (χ2v) is 6.43. The molecule has 0 bridgehead atoms. The molecule has 1 aliphatic rings. The van der Waals surface area contributed by atoms with Crippen molar-refractivity contribution in [3.05, 3.63) is 35.9 Å². The minimum Gasteiger partial charge on any atom is -0.329 e. The highest BCUT2D eigenvalue weighted by atomic mass is 15.2. The minimum absolute atomic E-state index is 0.235. The summed E-state index contributed by atoms with van der Waals surface area (Å²) >= 11 is 0. The Morgan fingerprint density at radius 2 is 1.86 bits per heavy atom. The normalized spacial score (nSPS) is 19.0. The Hall–Kier alpha value is -0.900. The molecule has 2 N–H and O–H groups in total. The average Bonchev–Trinajstić information content (AvgIpc) is 2.54. The summed E-state index contributed by atoms with van der Waals surface area (Å²) in [7, 11) is 2.25. The Balaban J connectivity index is 1.81. The van der Waals surface area contributed by atoms with E-state index in [4.69, 9.17) is 5.73 Å². The Morgan fingerprint density at radius 1 is 1.19 bits per heavy atom. The molecule has 0 saturated carbocycles. The van der Waals surface area contributed by atoms with Gasteiger partial charge in [-0.3, -0.25) is 4.90 Å². The van der Waals surface area contributed by atoms with E-state index in [-0.39, 0.29) is 5.54 Å². The zero-order valence-electron chi connectivity index (χ0n) is 13.7. The van der Waals surface area contributed by atoms with Crippen LogP contribution in [0.3, 0.4) is 0 Å². The summed E-state index contributed by atoms with van der Waals surface area (Å²) < 4.78 is 0. The average molecular weight is 289 g/mol. The Bertz CT molecular complexity index is 396. The quantitative estimate of drug-likeness (QED) is 0.836. The van der Waals surface area contributed by atoms with Gasteiger partial charge >= 0.3 is 0 Å². The third kappa shape index (κ3) is 4.29. The molecule has 1 aromatic carbocycles.